The van der Waals surface area contributed by atoms with Gasteiger partial charge in [0.1, 0.15) is 23.9 Å². The van der Waals surface area contributed by atoms with Crippen molar-refractivity contribution in [2.75, 3.05) is 33.0 Å². The van der Waals surface area contributed by atoms with Gasteiger partial charge in [0.25, 0.3) is 0 Å². The Kier molecular flexibility index (Phi) is 16.9. The molecule has 0 amide bonds. The highest BCUT2D eigenvalue weighted by Gasteiger charge is 2.46. The number of likely N-dealkylation sites (tertiary alicyclic amines) is 1. The molecule has 0 aliphatic carbocycles. The molecule has 1 saturated heterocycles. The summed E-state index contributed by atoms with van der Waals surface area (Å²) in [4.78, 5) is 26.4. The van der Waals surface area contributed by atoms with Crippen molar-refractivity contribution in [3.05, 3.63) is 88.0 Å². The van der Waals surface area contributed by atoms with Crippen LogP contribution in [-0.2, 0) is 36.7 Å². The number of phenols is 2. The number of benzene rings is 3. The van der Waals surface area contributed by atoms with E-state index in [-0.39, 0.29) is 23.2 Å². The highest BCUT2D eigenvalue weighted by atomic mass is 31.2. The fraction of sp³-hybridized carbons (Fsp3) is 0.548. The van der Waals surface area contributed by atoms with Crippen LogP contribution >= 0.6 is 8.38 Å². The standard InChI is InChI=1S/C33H49NO6.C9H13O2P/c1-22-16-26(17-23(2)30(22)36)10-9-14-39-40-28-20-32(5,6)34(33(7,8)21-28)13-15-38-29(35)12-11-27-18-24(3)31(37)25(4)19-27;1-3-10-12(2)11-9-7-5-4-6-8-9/h16-19,28,36-37H,9-15,20-21H2,1-8H3;4-8H,3H2,1-2H3. The van der Waals surface area contributed by atoms with Crippen LogP contribution in [0.3, 0.4) is 0 Å². The predicted molar refractivity (Wildman–Crippen MR) is 209 cm³/mol. The molecule has 52 heavy (non-hydrogen) atoms. The first-order valence-electron chi connectivity index (χ1n) is 18.4. The summed E-state index contributed by atoms with van der Waals surface area (Å²) in [7, 11) is -0.757. The minimum atomic E-state index is -0.757. The normalized spacial score (nSPS) is 16.1. The van der Waals surface area contributed by atoms with E-state index < -0.39 is 8.38 Å². The van der Waals surface area contributed by atoms with Gasteiger partial charge in [0.2, 0.25) is 8.38 Å². The number of carbonyl (C=O) groups is 1. The van der Waals surface area contributed by atoms with E-state index in [2.05, 4.69) is 32.6 Å². The van der Waals surface area contributed by atoms with E-state index in [4.69, 9.17) is 23.6 Å². The fourth-order valence-corrected chi connectivity index (χ4v) is 8.00. The minimum Gasteiger partial charge on any atom is -0.507 e. The zero-order valence-corrected chi connectivity index (χ0v) is 34.0. The maximum atomic E-state index is 12.4. The van der Waals surface area contributed by atoms with Crippen LogP contribution in [0.2, 0.25) is 0 Å². The maximum Gasteiger partial charge on any atom is 0.306 e. The Morgan fingerprint density at radius 3 is 1.87 bits per heavy atom. The van der Waals surface area contributed by atoms with Gasteiger partial charge in [0.05, 0.1) is 19.3 Å². The second-order valence-corrected chi connectivity index (χ2v) is 16.3. The second kappa shape index (κ2) is 20.3. The van der Waals surface area contributed by atoms with Crippen molar-refractivity contribution >= 4 is 14.3 Å². The Morgan fingerprint density at radius 1 is 0.827 bits per heavy atom. The number of carbonyl (C=O) groups excluding carboxylic acids is 1. The van der Waals surface area contributed by atoms with E-state index in [1.165, 1.54) is 5.56 Å². The Morgan fingerprint density at radius 2 is 1.35 bits per heavy atom. The highest BCUT2D eigenvalue weighted by Crippen LogP contribution is 2.39. The summed E-state index contributed by atoms with van der Waals surface area (Å²) < 4.78 is 16.4. The average molecular weight is 740 g/mol. The van der Waals surface area contributed by atoms with Gasteiger partial charge in [-0.25, -0.2) is 9.78 Å². The lowest BCUT2D eigenvalue weighted by Crippen LogP contribution is -2.62. The molecule has 4 rings (SSSR count). The summed E-state index contributed by atoms with van der Waals surface area (Å²) in [6, 6.07) is 17.6. The zero-order valence-electron chi connectivity index (χ0n) is 33.1. The number of nitrogens with zero attached hydrogens (tertiary/aromatic N) is 1. The lowest BCUT2D eigenvalue weighted by Gasteiger charge is -2.54. The van der Waals surface area contributed by atoms with Crippen molar-refractivity contribution in [1.82, 2.24) is 4.90 Å². The van der Waals surface area contributed by atoms with Gasteiger partial charge in [-0.2, -0.15) is 0 Å². The van der Waals surface area contributed by atoms with Crippen LogP contribution in [0.15, 0.2) is 54.6 Å². The number of hydrogen-bond acceptors (Lipinski definition) is 9. The van der Waals surface area contributed by atoms with Gasteiger partial charge in [0.15, 0.2) is 0 Å². The monoisotopic (exact) mass is 739 g/mol. The molecule has 9 nitrogen and oxygen atoms in total. The number of aromatic hydroxyl groups is 2. The van der Waals surface area contributed by atoms with Crippen molar-refractivity contribution in [2.24, 2.45) is 0 Å². The number of aryl methyl sites for hydroxylation is 6. The van der Waals surface area contributed by atoms with Gasteiger partial charge < -0.3 is 24.0 Å². The van der Waals surface area contributed by atoms with Gasteiger partial charge in [-0.3, -0.25) is 9.69 Å². The van der Waals surface area contributed by atoms with Gasteiger partial charge >= 0.3 is 5.97 Å². The number of ether oxygens (including phenoxy) is 1. The van der Waals surface area contributed by atoms with Crippen LogP contribution in [-0.4, -0.2) is 71.3 Å². The molecule has 1 unspecified atom stereocenters. The molecule has 1 heterocycles. The molecule has 3 aromatic rings. The number of hydrogen-bond donors (Lipinski definition) is 2. The van der Waals surface area contributed by atoms with E-state index in [0.717, 1.165) is 59.3 Å². The molecule has 3 aromatic carbocycles. The third kappa shape index (κ3) is 13.7. The largest absolute Gasteiger partial charge is 0.507 e. The first-order valence-corrected chi connectivity index (χ1v) is 20.0. The van der Waals surface area contributed by atoms with Crippen LogP contribution in [0.5, 0.6) is 17.2 Å². The Hall–Kier alpha value is -3.20. The molecule has 0 radical (unpaired) electrons. The third-order valence-corrected chi connectivity index (χ3v) is 10.5. The molecular weight excluding hydrogens is 677 g/mol. The van der Waals surface area contributed by atoms with E-state index >= 15 is 0 Å². The topological polar surface area (TPSA) is 107 Å². The molecule has 0 saturated carbocycles. The molecule has 1 aliphatic rings. The summed E-state index contributed by atoms with van der Waals surface area (Å²) >= 11 is 0. The first-order chi connectivity index (χ1) is 24.5. The zero-order chi connectivity index (χ0) is 38.5. The predicted octanol–water partition coefficient (Wildman–Crippen LogP) is 9.45. The van der Waals surface area contributed by atoms with E-state index in [1.54, 1.807) is 0 Å². The summed E-state index contributed by atoms with van der Waals surface area (Å²) in [6.07, 6.45) is 4.24. The lowest BCUT2D eigenvalue weighted by molar-refractivity contribution is -0.340. The molecule has 2 N–H and O–H groups in total. The molecule has 10 heteroatoms. The minimum absolute atomic E-state index is 0.0146. The van der Waals surface area contributed by atoms with Crippen molar-refractivity contribution in [2.45, 2.75) is 118 Å². The van der Waals surface area contributed by atoms with Gasteiger partial charge in [-0.05, 0) is 140 Å². The third-order valence-electron chi connectivity index (χ3n) is 9.40. The second-order valence-electron chi connectivity index (χ2n) is 15.0. The van der Waals surface area contributed by atoms with Gasteiger partial charge in [0, 0.05) is 30.7 Å². The molecule has 1 aliphatic heterocycles. The van der Waals surface area contributed by atoms with Crippen LogP contribution in [0.1, 0.15) is 93.7 Å². The molecule has 1 fully saturated rings. The first kappa shape index (κ1) is 43.2. The molecule has 288 valence electrons. The average Bonchev–Trinajstić information content (AvgIpc) is 3.06. The smallest absolute Gasteiger partial charge is 0.306 e. The summed E-state index contributed by atoms with van der Waals surface area (Å²) in [6.45, 7) is 22.5. The van der Waals surface area contributed by atoms with Crippen molar-refractivity contribution in [1.29, 1.82) is 0 Å². The molecule has 0 spiro atoms. The van der Waals surface area contributed by atoms with E-state index in [0.29, 0.717) is 50.7 Å². The quantitative estimate of drug-likeness (QED) is 0.0489. The van der Waals surface area contributed by atoms with Crippen molar-refractivity contribution < 1.29 is 38.6 Å². The van der Waals surface area contributed by atoms with E-state index in [1.807, 2.05) is 95.9 Å². The van der Waals surface area contributed by atoms with Crippen molar-refractivity contribution in [3.63, 3.8) is 0 Å². The SMILES string of the molecule is CCOP(C)Oc1ccccc1.Cc1cc(CCCOOC2CC(C)(C)N(CCOC(=O)CCc3cc(C)c(O)c(C)c3)C(C)(C)C2)cc(C)c1O. The maximum absolute atomic E-state index is 12.4. The Bertz CT molecular complexity index is 1500. The highest BCUT2D eigenvalue weighted by molar-refractivity contribution is 7.46. The molecule has 0 aromatic heterocycles. The Labute approximate surface area is 313 Å². The van der Waals surface area contributed by atoms with E-state index in [9.17, 15) is 15.0 Å². The molecular formula is C42H62NO8P. The van der Waals surface area contributed by atoms with Crippen molar-refractivity contribution in [3.8, 4) is 17.2 Å². The molecule has 1 atom stereocenters. The number of phenolic OH excluding ortho intramolecular Hbond substituents is 2. The summed E-state index contributed by atoms with van der Waals surface area (Å²) in [5, 5.41) is 19.9. The summed E-state index contributed by atoms with van der Waals surface area (Å²) in [5.41, 5.74) is 5.37. The van der Waals surface area contributed by atoms with Crippen LogP contribution < -0.4 is 4.52 Å². The summed E-state index contributed by atoms with van der Waals surface area (Å²) in [5.74, 6) is 1.35. The number of piperidine rings is 1. The van der Waals surface area contributed by atoms with Crippen LogP contribution in [0.4, 0.5) is 0 Å². The number of esters is 1. The van der Waals surface area contributed by atoms with Crippen LogP contribution in [0.25, 0.3) is 0 Å². The Balaban J connectivity index is 0.000000513. The van der Waals surface area contributed by atoms with Gasteiger partial charge in [-0.15, -0.1) is 0 Å². The number of rotatable bonds is 16. The fourth-order valence-electron chi connectivity index (χ4n) is 7.17. The molecule has 0 bridgehead atoms. The van der Waals surface area contributed by atoms with Gasteiger partial charge in [-0.1, -0.05) is 42.5 Å². The lowest BCUT2D eigenvalue weighted by atomic mass is 9.78. The van der Waals surface area contributed by atoms with Crippen LogP contribution in [0, 0.1) is 27.7 Å². The number of para-hydroxylation sites is 1.